The van der Waals surface area contributed by atoms with Gasteiger partial charge in [0.15, 0.2) is 0 Å². The summed E-state index contributed by atoms with van der Waals surface area (Å²) in [5.74, 6) is 1.17. The number of carbonyl (C=O) groups is 1. The fraction of sp³-hybridized carbons (Fsp3) is 0.562. The Morgan fingerprint density at radius 2 is 2.25 bits per heavy atom. The van der Waals surface area contributed by atoms with Crippen molar-refractivity contribution in [3.63, 3.8) is 0 Å². The fourth-order valence-corrected chi connectivity index (χ4v) is 2.87. The predicted molar refractivity (Wildman–Crippen MR) is 81.8 cm³/mol. The third kappa shape index (κ3) is 3.44. The zero-order valence-electron chi connectivity index (χ0n) is 12.3. The number of esters is 1. The highest BCUT2D eigenvalue weighted by Crippen LogP contribution is 2.31. The number of nitrogens with two attached hydrogens (primary N) is 1. The van der Waals surface area contributed by atoms with Crippen molar-refractivity contribution in [1.82, 2.24) is 0 Å². The second-order valence-corrected chi connectivity index (χ2v) is 5.65. The molecule has 3 N–H and O–H groups in total. The molecule has 1 aliphatic rings. The molecule has 0 aromatic heterocycles. The Morgan fingerprint density at radius 3 is 2.90 bits per heavy atom. The highest BCUT2D eigenvalue weighted by atomic mass is 16.5. The van der Waals surface area contributed by atoms with Gasteiger partial charge in [0.2, 0.25) is 0 Å². The number of rotatable bonds is 5. The van der Waals surface area contributed by atoms with Gasteiger partial charge in [-0.15, -0.1) is 0 Å². The molecule has 0 saturated heterocycles. The van der Waals surface area contributed by atoms with E-state index in [1.165, 1.54) is 19.3 Å². The van der Waals surface area contributed by atoms with Gasteiger partial charge in [0.05, 0.1) is 23.5 Å². The summed E-state index contributed by atoms with van der Waals surface area (Å²) >= 11 is 0. The van der Waals surface area contributed by atoms with E-state index in [1.54, 1.807) is 13.0 Å². The highest BCUT2D eigenvalue weighted by molar-refractivity contribution is 5.98. The second kappa shape index (κ2) is 6.64. The maximum Gasteiger partial charge on any atom is 0.340 e. The molecule has 4 heteroatoms. The van der Waals surface area contributed by atoms with Crippen molar-refractivity contribution in [3.05, 3.63) is 23.8 Å². The van der Waals surface area contributed by atoms with Crippen LogP contribution in [0.25, 0.3) is 0 Å². The molecule has 2 rings (SSSR count). The van der Waals surface area contributed by atoms with Crippen molar-refractivity contribution in [3.8, 4) is 0 Å². The average molecular weight is 276 g/mol. The van der Waals surface area contributed by atoms with Gasteiger partial charge in [-0.1, -0.05) is 19.4 Å². The van der Waals surface area contributed by atoms with Crippen LogP contribution in [0, 0.1) is 11.8 Å². The zero-order valence-corrected chi connectivity index (χ0v) is 12.3. The molecule has 0 amide bonds. The number of nitrogen functional groups attached to an aromatic ring is 1. The number of para-hydroxylation sites is 1. The van der Waals surface area contributed by atoms with Crippen molar-refractivity contribution in [2.45, 2.75) is 33.1 Å². The van der Waals surface area contributed by atoms with Crippen molar-refractivity contribution in [2.75, 3.05) is 24.2 Å². The van der Waals surface area contributed by atoms with Crippen molar-refractivity contribution in [2.24, 2.45) is 11.8 Å². The van der Waals surface area contributed by atoms with Crippen LogP contribution in [0.15, 0.2) is 18.2 Å². The molecule has 1 aromatic carbocycles. The number of anilines is 2. The van der Waals surface area contributed by atoms with Crippen molar-refractivity contribution < 1.29 is 9.53 Å². The molecule has 0 aliphatic heterocycles. The summed E-state index contributed by atoms with van der Waals surface area (Å²) in [4.78, 5) is 11.8. The molecule has 4 nitrogen and oxygen atoms in total. The van der Waals surface area contributed by atoms with E-state index in [0.717, 1.165) is 18.2 Å². The minimum absolute atomic E-state index is 0.357. The summed E-state index contributed by atoms with van der Waals surface area (Å²) in [7, 11) is 0. The van der Waals surface area contributed by atoms with Crippen LogP contribution in [0.1, 0.15) is 43.5 Å². The number of carbonyl (C=O) groups excluding carboxylic acids is 1. The van der Waals surface area contributed by atoms with Crippen LogP contribution in [-0.4, -0.2) is 19.1 Å². The van der Waals surface area contributed by atoms with Crippen molar-refractivity contribution in [1.29, 1.82) is 0 Å². The fourth-order valence-electron chi connectivity index (χ4n) is 2.87. The lowest BCUT2D eigenvalue weighted by molar-refractivity contribution is 0.0527. The smallest absolute Gasteiger partial charge is 0.340 e. The third-order valence-electron chi connectivity index (χ3n) is 3.99. The van der Waals surface area contributed by atoms with Crippen LogP contribution in [0.3, 0.4) is 0 Å². The van der Waals surface area contributed by atoms with Gasteiger partial charge in [-0.25, -0.2) is 4.79 Å². The standard InChI is InChI=1S/C16H24N2O2/c1-3-20-16(19)13-5-4-6-14(15(13)17)18-10-12-8-7-11(2)9-12/h4-6,11-12,18H,3,7-10,17H2,1-2H3. The molecular weight excluding hydrogens is 252 g/mol. The Hall–Kier alpha value is -1.71. The first-order chi connectivity index (χ1) is 9.61. The summed E-state index contributed by atoms with van der Waals surface area (Å²) in [6.07, 6.45) is 3.85. The van der Waals surface area contributed by atoms with Gasteiger partial charge < -0.3 is 15.8 Å². The molecule has 2 unspecified atom stereocenters. The highest BCUT2D eigenvalue weighted by Gasteiger charge is 2.21. The van der Waals surface area contributed by atoms with Crippen LogP contribution in [0.5, 0.6) is 0 Å². The number of benzene rings is 1. The molecule has 1 fully saturated rings. The third-order valence-corrected chi connectivity index (χ3v) is 3.99. The second-order valence-electron chi connectivity index (χ2n) is 5.65. The van der Waals surface area contributed by atoms with E-state index in [2.05, 4.69) is 12.2 Å². The van der Waals surface area contributed by atoms with Crippen LogP contribution in [0.4, 0.5) is 11.4 Å². The Labute approximate surface area is 120 Å². The first kappa shape index (κ1) is 14.7. The molecule has 0 bridgehead atoms. The molecule has 2 atom stereocenters. The molecule has 0 radical (unpaired) electrons. The number of hydrogen-bond acceptors (Lipinski definition) is 4. The minimum Gasteiger partial charge on any atom is -0.462 e. The molecule has 110 valence electrons. The Morgan fingerprint density at radius 1 is 1.45 bits per heavy atom. The molecular formula is C16H24N2O2. The Balaban J connectivity index is 2.01. The van der Waals surface area contributed by atoms with Gasteiger partial charge in [-0.3, -0.25) is 0 Å². The van der Waals surface area contributed by atoms with Gasteiger partial charge in [0.25, 0.3) is 0 Å². The topological polar surface area (TPSA) is 64.3 Å². The lowest BCUT2D eigenvalue weighted by Gasteiger charge is -2.15. The van der Waals surface area contributed by atoms with E-state index >= 15 is 0 Å². The molecule has 1 aliphatic carbocycles. The largest absolute Gasteiger partial charge is 0.462 e. The lowest BCUT2D eigenvalue weighted by Crippen LogP contribution is -2.14. The lowest BCUT2D eigenvalue weighted by atomic mass is 10.1. The predicted octanol–water partition coefficient (Wildman–Crippen LogP) is 3.29. The number of nitrogens with one attached hydrogen (secondary N) is 1. The van der Waals surface area contributed by atoms with Gasteiger partial charge in [-0.05, 0) is 43.7 Å². The van der Waals surface area contributed by atoms with Crippen LogP contribution in [0.2, 0.25) is 0 Å². The molecule has 20 heavy (non-hydrogen) atoms. The Kier molecular flexibility index (Phi) is 4.88. The van der Waals surface area contributed by atoms with Gasteiger partial charge in [0, 0.05) is 6.54 Å². The SMILES string of the molecule is CCOC(=O)c1cccc(NCC2CCC(C)C2)c1N. The maximum absolute atomic E-state index is 11.8. The molecule has 1 aromatic rings. The quantitative estimate of drug-likeness (QED) is 0.640. The van der Waals surface area contributed by atoms with E-state index in [9.17, 15) is 4.79 Å². The summed E-state index contributed by atoms with van der Waals surface area (Å²) < 4.78 is 5.01. The van der Waals surface area contributed by atoms with Crippen LogP contribution < -0.4 is 11.1 Å². The van der Waals surface area contributed by atoms with Gasteiger partial charge >= 0.3 is 5.97 Å². The first-order valence-corrected chi connectivity index (χ1v) is 7.41. The molecule has 1 saturated carbocycles. The molecule has 0 spiro atoms. The van der Waals surface area contributed by atoms with Gasteiger partial charge in [0.1, 0.15) is 0 Å². The maximum atomic E-state index is 11.8. The number of ether oxygens (including phenoxy) is 1. The van der Waals surface area contributed by atoms with E-state index in [1.807, 2.05) is 12.1 Å². The normalized spacial score (nSPS) is 21.7. The first-order valence-electron chi connectivity index (χ1n) is 7.41. The van der Waals surface area contributed by atoms with E-state index in [0.29, 0.717) is 23.8 Å². The summed E-state index contributed by atoms with van der Waals surface area (Å²) in [5.41, 5.74) is 7.82. The Bertz CT molecular complexity index is 474. The number of hydrogen-bond donors (Lipinski definition) is 2. The minimum atomic E-state index is -0.358. The van der Waals surface area contributed by atoms with Crippen LogP contribution >= 0.6 is 0 Å². The van der Waals surface area contributed by atoms with E-state index in [4.69, 9.17) is 10.5 Å². The summed E-state index contributed by atoms with van der Waals surface area (Å²) in [6.45, 7) is 5.36. The van der Waals surface area contributed by atoms with Crippen LogP contribution in [-0.2, 0) is 4.74 Å². The zero-order chi connectivity index (χ0) is 14.5. The molecule has 0 heterocycles. The van der Waals surface area contributed by atoms with Crippen molar-refractivity contribution >= 4 is 17.3 Å². The summed E-state index contributed by atoms with van der Waals surface area (Å²) in [5, 5.41) is 3.38. The van der Waals surface area contributed by atoms with E-state index < -0.39 is 0 Å². The monoisotopic (exact) mass is 276 g/mol. The average Bonchev–Trinajstić information content (AvgIpc) is 2.83. The van der Waals surface area contributed by atoms with Gasteiger partial charge in [-0.2, -0.15) is 0 Å². The summed E-state index contributed by atoms with van der Waals surface area (Å²) in [6, 6.07) is 5.45. The van der Waals surface area contributed by atoms with E-state index in [-0.39, 0.29) is 5.97 Å².